The number of aryl methyl sites for hydroxylation is 1. The molecule has 0 unspecified atom stereocenters. The maximum Gasteiger partial charge on any atom is 0.259 e. The summed E-state index contributed by atoms with van der Waals surface area (Å²) < 4.78 is 20.4. The number of aldehydes is 1. The van der Waals surface area contributed by atoms with Crippen LogP contribution in [0.25, 0.3) is 5.69 Å². The first-order chi connectivity index (χ1) is 13.5. The molecule has 0 aliphatic heterocycles. The van der Waals surface area contributed by atoms with E-state index in [2.05, 4.69) is 10.4 Å². The molecule has 0 atom stereocenters. The third kappa shape index (κ3) is 3.78. The summed E-state index contributed by atoms with van der Waals surface area (Å²) in [6.45, 7) is 1.73. The average molecular weight is 379 g/mol. The Morgan fingerprint density at radius 3 is 2.68 bits per heavy atom. The predicted molar refractivity (Wildman–Crippen MR) is 102 cm³/mol. The van der Waals surface area contributed by atoms with Crippen LogP contribution in [-0.2, 0) is 0 Å². The Hall–Kier alpha value is -3.48. The molecule has 2 aromatic carbocycles. The van der Waals surface area contributed by atoms with E-state index < -0.39 is 0 Å². The van der Waals surface area contributed by atoms with Crippen molar-refractivity contribution < 1.29 is 18.7 Å². The van der Waals surface area contributed by atoms with Crippen molar-refractivity contribution >= 4 is 17.9 Å². The number of nitrogens with one attached hydrogen (secondary N) is 1. The second kappa shape index (κ2) is 7.26. The predicted octanol–water partition coefficient (Wildman–Crippen LogP) is 3.93. The minimum absolute atomic E-state index is 0.140. The van der Waals surface area contributed by atoms with Crippen molar-refractivity contribution in [3.63, 3.8) is 0 Å². The molecule has 1 N–H and O–H groups in total. The van der Waals surface area contributed by atoms with Crippen LogP contribution in [0.5, 0.6) is 5.75 Å². The first-order valence-electron chi connectivity index (χ1n) is 8.93. The highest BCUT2D eigenvalue weighted by Gasteiger charge is 2.25. The maximum absolute atomic E-state index is 13.1. The number of benzene rings is 2. The Morgan fingerprint density at radius 2 is 2.00 bits per heavy atom. The highest BCUT2D eigenvalue weighted by atomic mass is 19.1. The fourth-order valence-corrected chi connectivity index (χ4v) is 2.78. The first-order valence-corrected chi connectivity index (χ1v) is 8.93. The molecule has 1 aliphatic rings. The molecule has 1 amide bonds. The monoisotopic (exact) mass is 379 g/mol. The van der Waals surface area contributed by atoms with Crippen molar-refractivity contribution in [1.82, 2.24) is 9.78 Å². The minimum atomic E-state index is -0.339. The van der Waals surface area contributed by atoms with Crippen molar-refractivity contribution in [3.8, 4) is 11.4 Å². The molecular formula is C21H18FN3O3. The van der Waals surface area contributed by atoms with Gasteiger partial charge in [0.1, 0.15) is 11.6 Å². The minimum Gasteiger partial charge on any atom is -0.490 e. The number of aromatic nitrogens is 2. The first kappa shape index (κ1) is 17.9. The zero-order valence-electron chi connectivity index (χ0n) is 15.2. The number of hydrogen-bond acceptors (Lipinski definition) is 4. The van der Waals surface area contributed by atoms with E-state index in [1.165, 1.54) is 16.8 Å². The van der Waals surface area contributed by atoms with E-state index in [4.69, 9.17) is 4.74 Å². The van der Waals surface area contributed by atoms with E-state index in [1.54, 1.807) is 43.5 Å². The lowest BCUT2D eigenvalue weighted by atomic mass is 10.2. The normalized spacial score (nSPS) is 13.2. The molecule has 0 spiro atoms. The van der Waals surface area contributed by atoms with Gasteiger partial charge in [-0.2, -0.15) is 5.10 Å². The molecule has 6 nitrogen and oxygen atoms in total. The molecule has 0 bridgehead atoms. The molecule has 1 aromatic heterocycles. The molecule has 3 aromatic rings. The number of halogens is 1. The number of anilines is 1. The van der Waals surface area contributed by atoms with Crippen LogP contribution in [0, 0.1) is 12.7 Å². The van der Waals surface area contributed by atoms with Crippen molar-refractivity contribution in [3.05, 3.63) is 71.3 Å². The molecule has 142 valence electrons. The van der Waals surface area contributed by atoms with Crippen LogP contribution < -0.4 is 10.1 Å². The van der Waals surface area contributed by atoms with Gasteiger partial charge in [-0.15, -0.1) is 0 Å². The maximum atomic E-state index is 13.1. The summed E-state index contributed by atoms with van der Waals surface area (Å²) in [5.74, 6) is -0.204. The number of rotatable bonds is 6. The zero-order valence-corrected chi connectivity index (χ0v) is 15.2. The van der Waals surface area contributed by atoms with E-state index in [-0.39, 0.29) is 17.8 Å². The van der Waals surface area contributed by atoms with Crippen LogP contribution in [0.15, 0.2) is 48.7 Å². The average Bonchev–Trinajstić information content (AvgIpc) is 3.41. The van der Waals surface area contributed by atoms with Crippen LogP contribution in [-0.4, -0.2) is 28.1 Å². The lowest BCUT2D eigenvalue weighted by Crippen LogP contribution is -2.13. The van der Waals surface area contributed by atoms with Gasteiger partial charge in [0.15, 0.2) is 6.29 Å². The molecule has 1 heterocycles. The Balaban J connectivity index is 1.55. The van der Waals surface area contributed by atoms with E-state index in [0.717, 1.165) is 19.1 Å². The van der Waals surface area contributed by atoms with E-state index in [1.807, 2.05) is 0 Å². The zero-order chi connectivity index (χ0) is 19.7. The van der Waals surface area contributed by atoms with E-state index >= 15 is 0 Å². The lowest BCUT2D eigenvalue weighted by molar-refractivity contribution is 0.102. The summed E-state index contributed by atoms with van der Waals surface area (Å²) in [5.41, 5.74) is 2.57. The van der Waals surface area contributed by atoms with Crippen LogP contribution in [0.1, 0.15) is 39.3 Å². The van der Waals surface area contributed by atoms with E-state index in [0.29, 0.717) is 33.9 Å². The van der Waals surface area contributed by atoms with Crippen molar-refractivity contribution in [2.45, 2.75) is 25.9 Å². The van der Waals surface area contributed by atoms with Crippen LogP contribution >= 0.6 is 0 Å². The number of amides is 1. The molecule has 0 radical (unpaired) electrons. The van der Waals surface area contributed by atoms with Gasteiger partial charge >= 0.3 is 0 Å². The van der Waals surface area contributed by atoms with Crippen molar-refractivity contribution in [2.24, 2.45) is 0 Å². The van der Waals surface area contributed by atoms with Gasteiger partial charge in [0.05, 0.1) is 28.6 Å². The number of ether oxygens (including phenoxy) is 1. The van der Waals surface area contributed by atoms with Gasteiger partial charge in [-0.05, 0) is 56.2 Å². The van der Waals surface area contributed by atoms with Gasteiger partial charge in [-0.25, -0.2) is 9.07 Å². The van der Waals surface area contributed by atoms with Gasteiger partial charge in [0, 0.05) is 18.0 Å². The Labute approximate surface area is 160 Å². The SMILES string of the molecule is Cc1nn(-c2ccc(F)cc2)cc1C(=O)Nc1ccc(C=O)c(OC2CC2)c1. The van der Waals surface area contributed by atoms with Gasteiger partial charge in [0.25, 0.3) is 5.91 Å². The summed E-state index contributed by atoms with van der Waals surface area (Å²) in [6.07, 6.45) is 4.41. The molecule has 7 heteroatoms. The van der Waals surface area contributed by atoms with Crippen molar-refractivity contribution in [2.75, 3.05) is 5.32 Å². The number of carbonyl (C=O) groups is 2. The largest absolute Gasteiger partial charge is 0.490 e. The smallest absolute Gasteiger partial charge is 0.259 e. The third-order valence-electron chi connectivity index (χ3n) is 4.45. The van der Waals surface area contributed by atoms with Gasteiger partial charge in [0.2, 0.25) is 0 Å². The quantitative estimate of drug-likeness (QED) is 0.659. The van der Waals surface area contributed by atoms with Gasteiger partial charge < -0.3 is 10.1 Å². The molecule has 0 saturated heterocycles. The molecule has 4 rings (SSSR count). The Bertz CT molecular complexity index is 1040. The summed E-state index contributed by atoms with van der Waals surface area (Å²) in [7, 11) is 0. The van der Waals surface area contributed by atoms with Crippen LogP contribution in [0.4, 0.5) is 10.1 Å². The van der Waals surface area contributed by atoms with Gasteiger partial charge in [-0.3, -0.25) is 9.59 Å². The second-order valence-corrected chi connectivity index (χ2v) is 6.69. The second-order valence-electron chi connectivity index (χ2n) is 6.69. The third-order valence-corrected chi connectivity index (χ3v) is 4.45. The standard InChI is InChI=1S/C21H18FN3O3/c1-13-19(11-25(24-13)17-6-3-15(22)4-7-17)21(27)23-16-5-2-14(12-26)20(10-16)28-18-8-9-18/h2-7,10-12,18H,8-9H2,1H3,(H,23,27). The van der Waals surface area contributed by atoms with Crippen LogP contribution in [0.3, 0.4) is 0 Å². The van der Waals surface area contributed by atoms with E-state index in [9.17, 15) is 14.0 Å². The Kier molecular flexibility index (Phi) is 4.65. The molecule has 1 fully saturated rings. The number of hydrogen-bond donors (Lipinski definition) is 1. The molecular weight excluding hydrogens is 361 g/mol. The number of carbonyl (C=O) groups excluding carboxylic acids is 2. The number of nitrogens with zero attached hydrogens (tertiary/aromatic N) is 2. The van der Waals surface area contributed by atoms with Gasteiger partial charge in [-0.1, -0.05) is 0 Å². The lowest BCUT2D eigenvalue weighted by Gasteiger charge is -2.10. The highest BCUT2D eigenvalue weighted by molar-refractivity contribution is 6.05. The summed E-state index contributed by atoms with van der Waals surface area (Å²) >= 11 is 0. The topological polar surface area (TPSA) is 73.2 Å². The Morgan fingerprint density at radius 1 is 1.25 bits per heavy atom. The molecule has 1 saturated carbocycles. The van der Waals surface area contributed by atoms with Crippen LogP contribution in [0.2, 0.25) is 0 Å². The summed E-state index contributed by atoms with van der Waals surface area (Å²) in [4.78, 5) is 23.9. The molecule has 28 heavy (non-hydrogen) atoms. The summed E-state index contributed by atoms with van der Waals surface area (Å²) in [5, 5.41) is 7.14. The van der Waals surface area contributed by atoms with Crippen molar-refractivity contribution in [1.29, 1.82) is 0 Å². The highest BCUT2D eigenvalue weighted by Crippen LogP contribution is 2.30. The fraction of sp³-hybridized carbons (Fsp3) is 0.190. The molecule has 1 aliphatic carbocycles. The summed E-state index contributed by atoms with van der Waals surface area (Å²) in [6, 6.07) is 10.8. The fourth-order valence-electron chi connectivity index (χ4n) is 2.78.